The average Bonchev–Trinajstić information content (AvgIpc) is 2.15. The van der Waals surface area contributed by atoms with Crippen LogP contribution in [0.25, 0.3) is 0 Å². The molecule has 0 amide bonds. The van der Waals surface area contributed by atoms with E-state index in [1.54, 1.807) is 34.9 Å². The smallest absolute Gasteiger partial charge is 0.227 e. The van der Waals surface area contributed by atoms with Gasteiger partial charge >= 0.3 is 0 Å². The quantitative estimate of drug-likeness (QED) is 0.381. The molecule has 0 saturated carbocycles. The van der Waals surface area contributed by atoms with E-state index in [9.17, 15) is 0 Å². The number of nitrogens with one attached hydrogen (secondary N) is 1. The molecule has 0 radical (unpaired) electrons. The largest absolute Gasteiger partial charge is 0.391 e. The van der Waals surface area contributed by atoms with Crippen LogP contribution in [-0.2, 0) is 4.84 Å². The zero-order valence-corrected chi connectivity index (χ0v) is 8.24. The summed E-state index contributed by atoms with van der Waals surface area (Å²) >= 11 is 0. The molecule has 1 aliphatic rings. The molecule has 0 aromatic rings. The van der Waals surface area contributed by atoms with E-state index >= 15 is 0 Å². The molecule has 0 spiro atoms. The van der Waals surface area contributed by atoms with Crippen molar-refractivity contribution in [2.45, 2.75) is 0 Å². The summed E-state index contributed by atoms with van der Waals surface area (Å²) in [5, 5.41) is 11.4. The first kappa shape index (κ1) is 9.70. The van der Waals surface area contributed by atoms with Gasteiger partial charge in [-0.1, -0.05) is 10.8 Å². The van der Waals surface area contributed by atoms with Crippen molar-refractivity contribution >= 4 is 27.8 Å². The zero-order chi connectivity index (χ0) is 8.81. The van der Waals surface area contributed by atoms with Crippen molar-refractivity contribution in [3.63, 3.8) is 0 Å². The minimum atomic E-state index is 0.110. The van der Waals surface area contributed by atoms with Crippen LogP contribution in [0.1, 0.15) is 0 Å². The van der Waals surface area contributed by atoms with E-state index in [-0.39, 0.29) is 6.61 Å². The second-order valence-corrected chi connectivity index (χ2v) is 4.32. The Hall–Kier alpha value is -0.390. The highest BCUT2D eigenvalue weighted by molar-refractivity contribution is 8.79. The van der Waals surface area contributed by atoms with Crippen LogP contribution in [-0.4, -0.2) is 25.0 Å². The van der Waals surface area contributed by atoms with Gasteiger partial charge in [-0.25, -0.2) is 0 Å². The van der Waals surface area contributed by atoms with E-state index in [1.807, 2.05) is 12.2 Å². The first-order valence-corrected chi connectivity index (χ1v) is 5.49. The van der Waals surface area contributed by atoms with Crippen molar-refractivity contribution in [3.05, 3.63) is 22.0 Å². The maximum atomic E-state index is 8.77. The minimum absolute atomic E-state index is 0.110. The summed E-state index contributed by atoms with van der Waals surface area (Å²) in [6.45, 7) is 0.110. The summed E-state index contributed by atoms with van der Waals surface area (Å²) in [5.41, 5.74) is 0. The third-order valence-corrected chi connectivity index (χ3v) is 3.63. The molecule has 66 valence electrons. The Morgan fingerprint density at radius 2 is 2.42 bits per heavy atom. The monoisotopic (exact) mass is 204 g/mol. The van der Waals surface area contributed by atoms with E-state index in [2.05, 4.69) is 9.99 Å². The fraction of sp³-hybridized carbons (Fsp3) is 0.286. The van der Waals surface area contributed by atoms with Gasteiger partial charge in [0.1, 0.15) is 7.11 Å². The minimum Gasteiger partial charge on any atom is -0.391 e. The van der Waals surface area contributed by atoms with Crippen LogP contribution in [0.4, 0.5) is 0 Å². The highest BCUT2D eigenvalue weighted by atomic mass is 33.1. The van der Waals surface area contributed by atoms with Gasteiger partial charge in [0.2, 0.25) is 6.21 Å². The molecule has 3 nitrogen and oxygen atoms in total. The molecule has 2 N–H and O–H groups in total. The van der Waals surface area contributed by atoms with Gasteiger partial charge in [0.05, 0.1) is 11.5 Å². The predicted octanol–water partition coefficient (Wildman–Crippen LogP) is -0.146. The lowest BCUT2D eigenvalue weighted by Gasteiger charge is -2.05. The highest BCUT2D eigenvalue weighted by Gasteiger charge is 2.07. The molecule has 1 heterocycles. The first-order valence-electron chi connectivity index (χ1n) is 3.35. The van der Waals surface area contributed by atoms with Crippen LogP contribution in [0.5, 0.6) is 0 Å². The standard InChI is InChI=1S/C7H9NO2S2/c1-10-8-4-6-2-3-7(5-9)12-11-6/h2-4,9H,5H2,1H3/p+1/b8-4+. The average molecular weight is 204 g/mol. The third-order valence-electron chi connectivity index (χ3n) is 1.15. The van der Waals surface area contributed by atoms with Crippen molar-refractivity contribution < 1.29 is 15.1 Å². The molecule has 0 atom stereocenters. The number of allylic oxidation sites excluding steroid dienone is 3. The lowest BCUT2D eigenvalue weighted by molar-refractivity contribution is -0.740. The number of aliphatic hydroxyl groups excluding tert-OH is 1. The molecule has 5 heteroatoms. The third kappa shape index (κ3) is 2.92. The van der Waals surface area contributed by atoms with Gasteiger partial charge in [-0.2, -0.15) is 0 Å². The lowest BCUT2D eigenvalue weighted by atomic mass is 10.4. The van der Waals surface area contributed by atoms with Crippen molar-refractivity contribution in [1.29, 1.82) is 0 Å². The predicted molar refractivity (Wildman–Crippen MR) is 52.5 cm³/mol. The van der Waals surface area contributed by atoms with Gasteiger partial charge in [0.15, 0.2) is 0 Å². The highest BCUT2D eigenvalue weighted by Crippen LogP contribution is 2.38. The van der Waals surface area contributed by atoms with Gasteiger partial charge in [-0.15, -0.1) is 0 Å². The number of aliphatic hydroxyl groups is 1. The van der Waals surface area contributed by atoms with Crippen molar-refractivity contribution in [1.82, 2.24) is 0 Å². The fourth-order valence-electron chi connectivity index (χ4n) is 0.600. The molecule has 0 aromatic carbocycles. The SMILES string of the molecule is CO/[NH+]=C/C1=CC=C(CO)SS1. The van der Waals surface area contributed by atoms with Gasteiger partial charge in [-0.05, 0) is 28.1 Å². The summed E-state index contributed by atoms with van der Waals surface area (Å²) in [6.07, 6.45) is 5.59. The summed E-state index contributed by atoms with van der Waals surface area (Å²) in [4.78, 5) is 6.69. The van der Waals surface area contributed by atoms with E-state index in [0.29, 0.717) is 0 Å². The molecule has 0 saturated heterocycles. The van der Waals surface area contributed by atoms with Crippen LogP contribution in [0.15, 0.2) is 22.0 Å². The molecular weight excluding hydrogens is 194 g/mol. The Kier molecular flexibility index (Phi) is 4.27. The molecule has 0 aromatic heterocycles. The molecule has 1 aliphatic heterocycles. The summed E-state index contributed by atoms with van der Waals surface area (Å²) in [6, 6.07) is 0. The second kappa shape index (κ2) is 5.29. The van der Waals surface area contributed by atoms with E-state index in [0.717, 1.165) is 9.81 Å². The van der Waals surface area contributed by atoms with E-state index < -0.39 is 0 Å². The number of rotatable bonds is 3. The summed E-state index contributed by atoms with van der Waals surface area (Å²) in [5.74, 6) is 0. The maximum Gasteiger partial charge on any atom is 0.227 e. The van der Waals surface area contributed by atoms with Crippen LogP contribution < -0.4 is 5.16 Å². The van der Waals surface area contributed by atoms with Crippen molar-refractivity contribution in [2.75, 3.05) is 13.7 Å². The number of hydrogen-bond acceptors (Lipinski definition) is 4. The second-order valence-electron chi connectivity index (χ2n) is 1.99. The molecular formula is C7H10NO2S2+. The molecule has 0 fully saturated rings. The topological polar surface area (TPSA) is 43.4 Å². The molecule has 12 heavy (non-hydrogen) atoms. The Morgan fingerprint density at radius 1 is 1.58 bits per heavy atom. The Labute approximate surface area is 78.9 Å². The molecule has 1 rings (SSSR count). The van der Waals surface area contributed by atoms with Gasteiger partial charge in [0, 0.05) is 4.91 Å². The van der Waals surface area contributed by atoms with Crippen LogP contribution in [0.2, 0.25) is 0 Å². The number of hydrogen-bond donors (Lipinski definition) is 2. The summed E-state index contributed by atoms with van der Waals surface area (Å²) < 4.78 is 0. The van der Waals surface area contributed by atoms with Crippen LogP contribution in [0, 0.1) is 0 Å². The lowest BCUT2D eigenvalue weighted by Crippen LogP contribution is -2.66. The van der Waals surface area contributed by atoms with Gasteiger partial charge in [0.25, 0.3) is 0 Å². The molecule has 0 aliphatic carbocycles. The fourth-order valence-corrected chi connectivity index (χ4v) is 2.45. The molecule has 0 bridgehead atoms. The maximum absolute atomic E-state index is 8.77. The van der Waals surface area contributed by atoms with Crippen LogP contribution in [0.3, 0.4) is 0 Å². The Bertz CT molecular complexity index is 236. The summed E-state index contributed by atoms with van der Waals surface area (Å²) in [7, 11) is 4.70. The van der Waals surface area contributed by atoms with E-state index in [4.69, 9.17) is 5.11 Å². The van der Waals surface area contributed by atoms with Crippen LogP contribution >= 0.6 is 21.6 Å². The Morgan fingerprint density at radius 3 is 2.92 bits per heavy atom. The zero-order valence-electron chi connectivity index (χ0n) is 6.61. The van der Waals surface area contributed by atoms with Gasteiger partial charge in [-0.3, -0.25) is 4.84 Å². The van der Waals surface area contributed by atoms with E-state index in [1.165, 1.54) is 0 Å². The van der Waals surface area contributed by atoms with Crippen molar-refractivity contribution in [2.24, 2.45) is 0 Å². The first-order chi connectivity index (χ1) is 5.86. The normalized spacial score (nSPS) is 17.5. The molecule has 0 unspecified atom stereocenters. The Balaban J connectivity index is 2.54. The van der Waals surface area contributed by atoms with Crippen molar-refractivity contribution in [3.8, 4) is 0 Å². The van der Waals surface area contributed by atoms with Gasteiger partial charge < -0.3 is 5.11 Å².